The first-order valence-electron chi connectivity index (χ1n) is 5.18. The molecule has 0 unspecified atom stereocenters. The van der Waals surface area contributed by atoms with Crippen LogP contribution in [0.25, 0.3) is 0 Å². The van der Waals surface area contributed by atoms with Gasteiger partial charge in [0.2, 0.25) is 0 Å². The van der Waals surface area contributed by atoms with E-state index in [1.54, 1.807) is 0 Å². The number of ether oxygens (including phenoxy) is 1. The third kappa shape index (κ3) is 4.72. The molecule has 90 valence electrons. The van der Waals surface area contributed by atoms with Crippen LogP contribution in [0.2, 0.25) is 0 Å². The number of rotatable bonds is 6. The Morgan fingerprint density at radius 3 is 2.33 bits per heavy atom. The number of alkyl halides is 4. The summed E-state index contributed by atoms with van der Waals surface area (Å²) in [5.74, 6) is 0. The van der Waals surface area contributed by atoms with Gasteiger partial charge in [0.05, 0.1) is 0 Å². The monoisotopic (exact) mass is 288 g/mol. The molecule has 0 spiro atoms. The van der Waals surface area contributed by atoms with Gasteiger partial charge in [0, 0.05) is 11.9 Å². The summed E-state index contributed by atoms with van der Waals surface area (Å²) in [4.78, 5) is 0. The van der Waals surface area contributed by atoms with Crippen molar-refractivity contribution in [1.82, 2.24) is 0 Å². The molecule has 15 heavy (non-hydrogen) atoms. The molecule has 1 saturated carbocycles. The van der Waals surface area contributed by atoms with Gasteiger partial charge in [-0.25, -0.2) is 0 Å². The van der Waals surface area contributed by atoms with Crippen LogP contribution < -0.4 is 0 Å². The normalized spacial score (nSPS) is 20.0. The molecule has 0 aromatic heterocycles. The van der Waals surface area contributed by atoms with Crippen LogP contribution in [0.5, 0.6) is 0 Å². The highest BCUT2D eigenvalue weighted by Gasteiger charge is 2.35. The predicted molar refractivity (Wildman–Crippen MR) is 56.2 cm³/mol. The van der Waals surface area contributed by atoms with Gasteiger partial charge in [-0.2, -0.15) is 13.2 Å². The molecule has 0 bridgehead atoms. The lowest BCUT2D eigenvalue weighted by Gasteiger charge is -2.40. The van der Waals surface area contributed by atoms with Crippen molar-refractivity contribution in [2.45, 2.75) is 38.3 Å². The fourth-order valence-electron chi connectivity index (χ4n) is 1.86. The van der Waals surface area contributed by atoms with Crippen LogP contribution in [-0.4, -0.2) is 24.7 Å². The Morgan fingerprint density at radius 1 is 1.27 bits per heavy atom. The summed E-state index contributed by atoms with van der Waals surface area (Å²) in [7, 11) is 0. The maximum Gasteiger partial charge on any atom is 0.411 e. The highest BCUT2D eigenvalue weighted by Crippen LogP contribution is 2.45. The van der Waals surface area contributed by atoms with Crippen molar-refractivity contribution in [2.75, 3.05) is 18.5 Å². The average molecular weight is 289 g/mol. The SMILES string of the molecule is FC(F)(F)COCCCC1(CBr)CCC1. The van der Waals surface area contributed by atoms with Crippen molar-refractivity contribution in [3.63, 3.8) is 0 Å². The molecule has 0 N–H and O–H groups in total. The van der Waals surface area contributed by atoms with Gasteiger partial charge < -0.3 is 4.74 Å². The lowest BCUT2D eigenvalue weighted by Crippen LogP contribution is -2.31. The van der Waals surface area contributed by atoms with Gasteiger partial charge in [-0.05, 0) is 31.1 Å². The second-order valence-corrected chi connectivity index (χ2v) is 4.82. The van der Waals surface area contributed by atoms with E-state index in [0.29, 0.717) is 5.41 Å². The molecule has 0 heterocycles. The Hall–Kier alpha value is 0.230. The van der Waals surface area contributed by atoms with E-state index in [9.17, 15) is 13.2 Å². The third-order valence-corrected chi connectivity index (χ3v) is 4.15. The zero-order chi connectivity index (χ0) is 11.4. The first kappa shape index (κ1) is 13.3. The van der Waals surface area contributed by atoms with Gasteiger partial charge in [-0.1, -0.05) is 22.4 Å². The van der Waals surface area contributed by atoms with E-state index in [1.165, 1.54) is 19.3 Å². The van der Waals surface area contributed by atoms with Crippen LogP contribution in [0.15, 0.2) is 0 Å². The summed E-state index contributed by atoms with van der Waals surface area (Å²) >= 11 is 3.46. The molecule has 0 aromatic rings. The molecule has 0 saturated heterocycles. The highest BCUT2D eigenvalue weighted by atomic mass is 79.9. The van der Waals surface area contributed by atoms with Crippen molar-refractivity contribution in [1.29, 1.82) is 0 Å². The van der Waals surface area contributed by atoms with Gasteiger partial charge >= 0.3 is 6.18 Å². The van der Waals surface area contributed by atoms with Gasteiger partial charge in [0.15, 0.2) is 0 Å². The Balaban J connectivity index is 2.02. The molecular weight excluding hydrogens is 273 g/mol. The van der Waals surface area contributed by atoms with Crippen LogP contribution in [-0.2, 0) is 4.74 Å². The molecule has 1 nitrogen and oxygen atoms in total. The average Bonchev–Trinajstić information content (AvgIpc) is 2.06. The van der Waals surface area contributed by atoms with Crippen molar-refractivity contribution < 1.29 is 17.9 Å². The van der Waals surface area contributed by atoms with Crippen LogP contribution in [0.4, 0.5) is 13.2 Å². The van der Waals surface area contributed by atoms with E-state index in [4.69, 9.17) is 0 Å². The Kier molecular flexibility index (Phi) is 4.90. The smallest absolute Gasteiger partial charge is 0.372 e. The molecule has 0 aromatic carbocycles. The standard InChI is InChI=1S/C10H16BrF3O/c11-7-9(3-1-4-9)5-2-6-15-8-10(12,13)14/h1-8H2. The summed E-state index contributed by atoms with van der Waals surface area (Å²) in [6.45, 7) is -0.900. The highest BCUT2D eigenvalue weighted by molar-refractivity contribution is 9.09. The Labute approximate surface area is 96.5 Å². The van der Waals surface area contributed by atoms with E-state index in [0.717, 1.165) is 18.2 Å². The van der Waals surface area contributed by atoms with Crippen LogP contribution in [0.1, 0.15) is 32.1 Å². The molecule has 0 radical (unpaired) electrons. The second kappa shape index (κ2) is 5.53. The zero-order valence-electron chi connectivity index (χ0n) is 8.58. The second-order valence-electron chi connectivity index (χ2n) is 4.26. The number of hydrogen-bond donors (Lipinski definition) is 0. The molecule has 1 aliphatic rings. The Morgan fingerprint density at radius 2 is 1.93 bits per heavy atom. The fourth-order valence-corrected chi connectivity index (χ4v) is 2.71. The number of halogens is 4. The van der Waals surface area contributed by atoms with E-state index in [1.807, 2.05) is 0 Å². The quantitative estimate of drug-likeness (QED) is 0.532. The first-order valence-corrected chi connectivity index (χ1v) is 6.30. The summed E-state index contributed by atoms with van der Waals surface area (Å²) in [5, 5.41) is 0.958. The van der Waals surface area contributed by atoms with E-state index < -0.39 is 12.8 Å². The molecule has 0 amide bonds. The summed E-state index contributed by atoms with van der Waals surface area (Å²) in [6.07, 6.45) is 1.13. The third-order valence-electron chi connectivity index (χ3n) is 2.96. The maximum absolute atomic E-state index is 11.7. The maximum atomic E-state index is 11.7. The lowest BCUT2D eigenvalue weighted by atomic mass is 9.68. The molecule has 0 aliphatic heterocycles. The zero-order valence-corrected chi connectivity index (χ0v) is 10.2. The van der Waals surface area contributed by atoms with Crippen LogP contribution in [0, 0.1) is 5.41 Å². The predicted octanol–water partition coefficient (Wildman–Crippen LogP) is 3.91. The molecular formula is C10H16BrF3O. The minimum absolute atomic E-state index is 0.217. The minimum atomic E-state index is -4.19. The van der Waals surface area contributed by atoms with E-state index >= 15 is 0 Å². The molecule has 5 heteroatoms. The van der Waals surface area contributed by atoms with Crippen molar-refractivity contribution >= 4 is 15.9 Å². The summed E-state index contributed by atoms with van der Waals surface area (Å²) in [6, 6.07) is 0. The van der Waals surface area contributed by atoms with Gasteiger partial charge in [-0.3, -0.25) is 0 Å². The number of hydrogen-bond acceptors (Lipinski definition) is 1. The molecule has 1 aliphatic carbocycles. The molecule has 0 atom stereocenters. The first-order chi connectivity index (χ1) is 6.97. The van der Waals surface area contributed by atoms with Crippen LogP contribution >= 0.6 is 15.9 Å². The largest absolute Gasteiger partial charge is 0.411 e. The minimum Gasteiger partial charge on any atom is -0.372 e. The summed E-state index contributed by atoms with van der Waals surface area (Å²) in [5.41, 5.74) is 0.349. The lowest BCUT2D eigenvalue weighted by molar-refractivity contribution is -0.174. The Bertz CT molecular complexity index is 184. The van der Waals surface area contributed by atoms with E-state index in [-0.39, 0.29) is 6.61 Å². The van der Waals surface area contributed by atoms with Gasteiger partial charge in [0.25, 0.3) is 0 Å². The van der Waals surface area contributed by atoms with Crippen molar-refractivity contribution in [2.24, 2.45) is 5.41 Å². The van der Waals surface area contributed by atoms with Crippen LogP contribution in [0.3, 0.4) is 0 Å². The molecule has 1 rings (SSSR count). The molecule has 1 fully saturated rings. The topological polar surface area (TPSA) is 9.23 Å². The van der Waals surface area contributed by atoms with Gasteiger partial charge in [0.1, 0.15) is 6.61 Å². The summed E-state index contributed by atoms with van der Waals surface area (Å²) < 4.78 is 39.7. The fraction of sp³-hybridized carbons (Fsp3) is 1.00. The van der Waals surface area contributed by atoms with Gasteiger partial charge in [-0.15, -0.1) is 0 Å². The van der Waals surface area contributed by atoms with Crippen molar-refractivity contribution in [3.05, 3.63) is 0 Å². The van der Waals surface area contributed by atoms with E-state index in [2.05, 4.69) is 20.7 Å². The van der Waals surface area contributed by atoms with Crippen molar-refractivity contribution in [3.8, 4) is 0 Å².